The van der Waals surface area contributed by atoms with E-state index in [4.69, 9.17) is 5.73 Å². The molecule has 0 aliphatic heterocycles. The van der Waals surface area contributed by atoms with Crippen LogP contribution in [0, 0.1) is 0 Å². The van der Waals surface area contributed by atoms with E-state index in [-0.39, 0.29) is 24.4 Å². The summed E-state index contributed by atoms with van der Waals surface area (Å²) in [5.41, 5.74) is 7.97. The van der Waals surface area contributed by atoms with Crippen molar-refractivity contribution < 1.29 is 4.79 Å². The Morgan fingerprint density at radius 1 is 1.38 bits per heavy atom. The Labute approximate surface area is 130 Å². The van der Waals surface area contributed by atoms with Gasteiger partial charge in [0, 0.05) is 18.8 Å². The highest BCUT2D eigenvalue weighted by Gasteiger charge is 2.17. The van der Waals surface area contributed by atoms with Crippen molar-refractivity contribution in [3.63, 3.8) is 0 Å². The van der Waals surface area contributed by atoms with Crippen molar-refractivity contribution in [1.29, 1.82) is 0 Å². The van der Waals surface area contributed by atoms with Crippen LogP contribution in [0.3, 0.4) is 0 Å². The molecule has 0 saturated heterocycles. The topological polar surface area (TPSA) is 72.9 Å². The van der Waals surface area contributed by atoms with Crippen molar-refractivity contribution in [2.75, 3.05) is 0 Å². The molecule has 1 aromatic carbocycles. The summed E-state index contributed by atoms with van der Waals surface area (Å²) in [6.07, 6.45) is 4.16. The third-order valence-electron chi connectivity index (χ3n) is 3.22. The first-order valence-corrected chi connectivity index (χ1v) is 6.64. The minimum Gasteiger partial charge on any atom is -0.348 e. The Balaban J connectivity index is 0.00000220. The van der Waals surface area contributed by atoms with E-state index in [1.807, 2.05) is 50.5 Å². The van der Waals surface area contributed by atoms with Crippen LogP contribution in [0.25, 0.3) is 0 Å². The quantitative estimate of drug-likeness (QED) is 0.881. The number of carbonyl (C=O) groups is 1. The summed E-state index contributed by atoms with van der Waals surface area (Å²) in [5, 5.41) is 7.00. The summed E-state index contributed by atoms with van der Waals surface area (Å²) in [7, 11) is 1.85. The molecule has 0 aliphatic carbocycles. The van der Waals surface area contributed by atoms with Crippen molar-refractivity contribution >= 4 is 18.3 Å². The molecule has 21 heavy (non-hydrogen) atoms. The van der Waals surface area contributed by atoms with Gasteiger partial charge < -0.3 is 11.1 Å². The molecular formula is C15H21ClN4O. The molecule has 2 rings (SSSR count). The fourth-order valence-corrected chi connectivity index (χ4v) is 2.03. The number of aryl methyl sites for hydroxylation is 1. The van der Waals surface area contributed by atoms with Crippen molar-refractivity contribution in [2.45, 2.75) is 25.4 Å². The van der Waals surface area contributed by atoms with Crippen LogP contribution in [0.15, 0.2) is 42.7 Å². The second-order valence-corrected chi connectivity index (χ2v) is 4.97. The lowest BCUT2D eigenvalue weighted by Crippen LogP contribution is -2.42. The van der Waals surface area contributed by atoms with Gasteiger partial charge in [-0.05, 0) is 18.9 Å². The van der Waals surface area contributed by atoms with Crippen LogP contribution in [-0.4, -0.2) is 21.7 Å². The maximum Gasteiger partial charge on any atom is 0.237 e. The predicted molar refractivity (Wildman–Crippen MR) is 85.1 cm³/mol. The summed E-state index contributed by atoms with van der Waals surface area (Å²) < 4.78 is 1.71. The maximum absolute atomic E-state index is 12.1. The second-order valence-electron chi connectivity index (χ2n) is 4.97. The van der Waals surface area contributed by atoms with Crippen LogP contribution in [-0.2, 0) is 18.3 Å². The number of amides is 1. The molecule has 0 saturated carbocycles. The normalized spacial score (nSPS) is 13.1. The Morgan fingerprint density at radius 2 is 2.05 bits per heavy atom. The Kier molecular flexibility index (Phi) is 6.39. The van der Waals surface area contributed by atoms with E-state index in [9.17, 15) is 4.79 Å². The molecule has 0 bridgehead atoms. The van der Waals surface area contributed by atoms with E-state index in [1.54, 1.807) is 10.9 Å². The SMILES string of the molecule is CC(NC(=O)C(N)Cc1ccccc1)c1cnn(C)c1.Cl. The molecule has 0 fully saturated rings. The largest absolute Gasteiger partial charge is 0.348 e. The zero-order valence-corrected chi connectivity index (χ0v) is 13.0. The summed E-state index contributed by atoms with van der Waals surface area (Å²) in [6.45, 7) is 1.92. The summed E-state index contributed by atoms with van der Waals surface area (Å²) >= 11 is 0. The second kappa shape index (κ2) is 7.81. The standard InChI is InChI=1S/C15H20N4O.ClH/c1-11(13-9-17-19(2)10-13)18-15(20)14(16)8-12-6-4-3-5-7-12;/h3-7,9-11,14H,8,16H2,1-2H3,(H,18,20);1H. The number of hydrogen-bond donors (Lipinski definition) is 2. The Bertz CT molecular complexity index is 570. The van der Waals surface area contributed by atoms with E-state index in [2.05, 4.69) is 10.4 Å². The van der Waals surface area contributed by atoms with Crippen molar-refractivity contribution in [3.8, 4) is 0 Å². The van der Waals surface area contributed by atoms with Gasteiger partial charge >= 0.3 is 0 Å². The first-order chi connectivity index (χ1) is 9.56. The van der Waals surface area contributed by atoms with Crippen molar-refractivity contribution in [2.24, 2.45) is 12.8 Å². The molecule has 0 spiro atoms. The minimum atomic E-state index is -0.545. The smallest absolute Gasteiger partial charge is 0.237 e. The fourth-order valence-electron chi connectivity index (χ4n) is 2.03. The number of carbonyl (C=O) groups excluding carboxylic acids is 1. The molecule has 5 nitrogen and oxygen atoms in total. The van der Waals surface area contributed by atoms with Crippen LogP contribution in [0.4, 0.5) is 0 Å². The van der Waals surface area contributed by atoms with Crippen LogP contribution in [0.5, 0.6) is 0 Å². The molecular weight excluding hydrogens is 288 g/mol. The molecule has 1 heterocycles. The lowest BCUT2D eigenvalue weighted by atomic mass is 10.1. The van der Waals surface area contributed by atoms with Gasteiger partial charge in [-0.1, -0.05) is 30.3 Å². The summed E-state index contributed by atoms with van der Waals surface area (Å²) in [4.78, 5) is 12.1. The van der Waals surface area contributed by atoms with E-state index in [0.29, 0.717) is 6.42 Å². The van der Waals surface area contributed by atoms with Gasteiger partial charge in [-0.2, -0.15) is 5.10 Å². The molecule has 0 radical (unpaired) electrons. The number of rotatable bonds is 5. The van der Waals surface area contributed by atoms with Gasteiger partial charge in [0.25, 0.3) is 0 Å². The van der Waals surface area contributed by atoms with Gasteiger partial charge in [0.2, 0.25) is 5.91 Å². The number of nitrogens with one attached hydrogen (secondary N) is 1. The zero-order chi connectivity index (χ0) is 14.5. The molecule has 2 atom stereocenters. The van der Waals surface area contributed by atoms with E-state index < -0.39 is 6.04 Å². The first kappa shape index (κ1) is 17.2. The summed E-state index contributed by atoms with van der Waals surface area (Å²) in [5.74, 6) is -0.148. The first-order valence-electron chi connectivity index (χ1n) is 6.64. The third-order valence-corrected chi connectivity index (χ3v) is 3.22. The maximum atomic E-state index is 12.1. The highest BCUT2D eigenvalue weighted by atomic mass is 35.5. The highest BCUT2D eigenvalue weighted by Crippen LogP contribution is 2.11. The Morgan fingerprint density at radius 3 is 2.62 bits per heavy atom. The van der Waals surface area contributed by atoms with Gasteiger partial charge in [0.05, 0.1) is 18.3 Å². The van der Waals surface area contributed by atoms with Gasteiger partial charge in [-0.25, -0.2) is 0 Å². The average molecular weight is 309 g/mol. The molecule has 114 valence electrons. The van der Waals surface area contributed by atoms with E-state index >= 15 is 0 Å². The average Bonchev–Trinajstić information content (AvgIpc) is 2.86. The van der Waals surface area contributed by atoms with Crippen LogP contribution in [0.1, 0.15) is 24.1 Å². The lowest BCUT2D eigenvalue weighted by Gasteiger charge is -2.16. The molecule has 3 N–H and O–H groups in total. The van der Waals surface area contributed by atoms with E-state index in [0.717, 1.165) is 11.1 Å². The molecule has 2 aromatic rings. The predicted octanol–water partition coefficient (Wildman–Crippen LogP) is 1.59. The highest BCUT2D eigenvalue weighted by molar-refractivity contribution is 5.85. The number of nitrogens with zero attached hydrogens (tertiary/aromatic N) is 2. The number of nitrogens with two attached hydrogens (primary N) is 1. The third kappa shape index (κ3) is 4.88. The number of halogens is 1. The van der Waals surface area contributed by atoms with Crippen molar-refractivity contribution in [3.05, 3.63) is 53.9 Å². The number of benzene rings is 1. The molecule has 2 unspecified atom stereocenters. The molecule has 1 aromatic heterocycles. The molecule has 0 aliphatic rings. The van der Waals surface area contributed by atoms with Crippen molar-refractivity contribution in [1.82, 2.24) is 15.1 Å². The van der Waals surface area contributed by atoms with Crippen LogP contribution >= 0.6 is 12.4 Å². The fraction of sp³-hybridized carbons (Fsp3) is 0.333. The minimum absolute atomic E-state index is 0. The van der Waals surface area contributed by atoms with Crippen LogP contribution in [0.2, 0.25) is 0 Å². The van der Waals surface area contributed by atoms with Gasteiger partial charge in [-0.15, -0.1) is 12.4 Å². The number of hydrogen-bond acceptors (Lipinski definition) is 3. The summed E-state index contributed by atoms with van der Waals surface area (Å²) in [6, 6.07) is 9.13. The van der Waals surface area contributed by atoms with Crippen LogP contribution < -0.4 is 11.1 Å². The molecule has 1 amide bonds. The lowest BCUT2D eigenvalue weighted by molar-refractivity contribution is -0.123. The zero-order valence-electron chi connectivity index (χ0n) is 12.2. The monoisotopic (exact) mass is 308 g/mol. The molecule has 6 heteroatoms. The Hall–Kier alpha value is -1.85. The van der Waals surface area contributed by atoms with E-state index in [1.165, 1.54) is 0 Å². The van der Waals surface area contributed by atoms with Gasteiger partial charge in [0.15, 0.2) is 0 Å². The van der Waals surface area contributed by atoms with Gasteiger partial charge in [-0.3, -0.25) is 9.48 Å². The van der Waals surface area contributed by atoms with Gasteiger partial charge in [0.1, 0.15) is 0 Å². The number of aromatic nitrogens is 2.